The van der Waals surface area contributed by atoms with E-state index in [0.717, 1.165) is 51.5 Å². The van der Waals surface area contributed by atoms with Gasteiger partial charge in [0.15, 0.2) is 0 Å². The van der Waals surface area contributed by atoms with E-state index >= 15 is 0 Å². The highest BCUT2D eigenvalue weighted by Crippen LogP contribution is 2.25. The van der Waals surface area contributed by atoms with Gasteiger partial charge < -0.3 is 9.47 Å². The minimum atomic E-state index is 0.374. The standard InChI is InChI=1S/C19H28N2O2/c1-3-9-21-12-13-23-19-8-11-20(10-7-18(19)21)15-16-5-4-6-17(14-16)22-2/h3-6,14,18-19H,1,7-13,15H2,2H3. The highest BCUT2D eigenvalue weighted by Gasteiger charge is 2.33. The van der Waals surface area contributed by atoms with E-state index in [9.17, 15) is 0 Å². The monoisotopic (exact) mass is 316 g/mol. The molecule has 0 saturated carbocycles. The Labute approximate surface area is 139 Å². The van der Waals surface area contributed by atoms with Crippen LogP contribution in [0, 0.1) is 0 Å². The SMILES string of the molecule is C=CCN1CCOC2CCN(Cc3cccc(OC)c3)CCC21. The molecule has 0 bridgehead atoms. The lowest BCUT2D eigenvalue weighted by Gasteiger charge is -2.39. The first-order valence-corrected chi connectivity index (χ1v) is 8.62. The molecule has 0 radical (unpaired) electrons. The van der Waals surface area contributed by atoms with Crippen molar-refractivity contribution in [3.63, 3.8) is 0 Å². The van der Waals surface area contributed by atoms with Crippen LogP contribution in [0.15, 0.2) is 36.9 Å². The molecule has 1 aromatic rings. The zero-order chi connectivity index (χ0) is 16.1. The Balaban J connectivity index is 1.62. The summed E-state index contributed by atoms with van der Waals surface area (Å²) in [7, 11) is 1.72. The van der Waals surface area contributed by atoms with Gasteiger partial charge in [0.1, 0.15) is 5.75 Å². The number of hydrogen-bond acceptors (Lipinski definition) is 4. The van der Waals surface area contributed by atoms with E-state index in [0.29, 0.717) is 12.1 Å². The van der Waals surface area contributed by atoms with E-state index in [1.54, 1.807) is 7.11 Å². The molecule has 126 valence electrons. The molecule has 0 spiro atoms. The molecule has 2 saturated heterocycles. The van der Waals surface area contributed by atoms with Crippen LogP contribution in [0.4, 0.5) is 0 Å². The first-order valence-electron chi connectivity index (χ1n) is 8.62. The zero-order valence-electron chi connectivity index (χ0n) is 14.1. The number of rotatable bonds is 5. The summed E-state index contributed by atoms with van der Waals surface area (Å²) in [6.07, 6.45) is 4.67. The lowest BCUT2D eigenvalue weighted by molar-refractivity contribution is -0.0672. The summed E-state index contributed by atoms with van der Waals surface area (Å²) < 4.78 is 11.4. The lowest BCUT2D eigenvalue weighted by atomic mass is 10.0. The Morgan fingerprint density at radius 3 is 3.00 bits per heavy atom. The molecule has 0 N–H and O–H groups in total. The zero-order valence-corrected chi connectivity index (χ0v) is 14.1. The summed E-state index contributed by atoms with van der Waals surface area (Å²) in [4.78, 5) is 5.08. The van der Waals surface area contributed by atoms with Crippen molar-refractivity contribution in [3.8, 4) is 5.75 Å². The first kappa shape index (κ1) is 16.5. The van der Waals surface area contributed by atoms with Crippen molar-refractivity contribution < 1.29 is 9.47 Å². The Kier molecular flexibility index (Phi) is 5.70. The summed E-state index contributed by atoms with van der Waals surface area (Å²) in [5.41, 5.74) is 1.32. The molecule has 4 heteroatoms. The third kappa shape index (κ3) is 4.14. The van der Waals surface area contributed by atoms with Gasteiger partial charge in [0.2, 0.25) is 0 Å². The van der Waals surface area contributed by atoms with Crippen LogP contribution >= 0.6 is 0 Å². The number of likely N-dealkylation sites (tertiary alicyclic amines) is 1. The number of fused-ring (bicyclic) bond motifs is 1. The van der Waals surface area contributed by atoms with E-state index in [1.807, 2.05) is 12.1 Å². The van der Waals surface area contributed by atoms with Crippen LogP contribution in [0.25, 0.3) is 0 Å². The maximum atomic E-state index is 6.05. The molecule has 4 nitrogen and oxygen atoms in total. The maximum Gasteiger partial charge on any atom is 0.119 e. The van der Waals surface area contributed by atoms with Gasteiger partial charge in [-0.2, -0.15) is 0 Å². The minimum absolute atomic E-state index is 0.374. The Morgan fingerprint density at radius 2 is 2.17 bits per heavy atom. The quantitative estimate of drug-likeness (QED) is 0.780. The molecule has 1 aromatic carbocycles. The minimum Gasteiger partial charge on any atom is -0.497 e. The molecule has 2 unspecified atom stereocenters. The number of ether oxygens (including phenoxy) is 2. The molecule has 23 heavy (non-hydrogen) atoms. The van der Waals surface area contributed by atoms with Gasteiger partial charge >= 0.3 is 0 Å². The average Bonchev–Trinajstić information content (AvgIpc) is 2.79. The predicted molar refractivity (Wildman–Crippen MR) is 92.8 cm³/mol. The molecule has 0 amide bonds. The molecule has 2 atom stereocenters. The molecular weight excluding hydrogens is 288 g/mol. The van der Waals surface area contributed by atoms with Crippen molar-refractivity contribution >= 4 is 0 Å². The first-order chi connectivity index (χ1) is 11.3. The number of benzene rings is 1. The highest BCUT2D eigenvalue weighted by atomic mass is 16.5. The van der Waals surface area contributed by atoms with Gasteiger partial charge in [0.25, 0.3) is 0 Å². The lowest BCUT2D eigenvalue weighted by Crippen LogP contribution is -2.51. The number of nitrogens with zero attached hydrogens (tertiary/aromatic N) is 2. The molecule has 0 aliphatic carbocycles. The predicted octanol–water partition coefficient (Wildman–Crippen LogP) is 2.55. The van der Waals surface area contributed by atoms with Crippen LogP contribution in [0.2, 0.25) is 0 Å². The topological polar surface area (TPSA) is 24.9 Å². The van der Waals surface area contributed by atoms with Gasteiger partial charge in [-0.25, -0.2) is 0 Å². The fourth-order valence-electron chi connectivity index (χ4n) is 3.79. The van der Waals surface area contributed by atoms with Crippen molar-refractivity contribution in [2.24, 2.45) is 0 Å². The summed E-state index contributed by atoms with van der Waals surface area (Å²) in [6.45, 7) is 9.96. The van der Waals surface area contributed by atoms with Gasteiger partial charge in [-0.3, -0.25) is 9.80 Å². The third-order valence-electron chi connectivity index (χ3n) is 4.98. The van der Waals surface area contributed by atoms with Crippen LogP contribution in [0.5, 0.6) is 5.75 Å². The molecule has 0 aromatic heterocycles. The summed E-state index contributed by atoms with van der Waals surface area (Å²) in [5, 5.41) is 0. The van der Waals surface area contributed by atoms with Gasteiger partial charge in [-0.1, -0.05) is 18.2 Å². The van der Waals surface area contributed by atoms with Crippen LogP contribution in [0.1, 0.15) is 18.4 Å². The van der Waals surface area contributed by atoms with E-state index in [-0.39, 0.29) is 0 Å². The Bertz CT molecular complexity index is 520. The highest BCUT2D eigenvalue weighted by molar-refractivity contribution is 5.28. The second-order valence-corrected chi connectivity index (χ2v) is 6.47. The number of morpholine rings is 1. The van der Waals surface area contributed by atoms with Gasteiger partial charge in [0.05, 0.1) is 19.8 Å². The summed E-state index contributed by atoms with van der Waals surface area (Å²) in [6, 6.07) is 8.93. The van der Waals surface area contributed by atoms with Crippen LogP contribution in [0.3, 0.4) is 0 Å². The van der Waals surface area contributed by atoms with Gasteiger partial charge in [0, 0.05) is 38.8 Å². The molecule has 2 fully saturated rings. The molecular formula is C19H28N2O2. The van der Waals surface area contributed by atoms with E-state index in [2.05, 4.69) is 34.6 Å². The maximum absolute atomic E-state index is 6.05. The number of hydrogen-bond donors (Lipinski definition) is 0. The van der Waals surface area contributed by atoms with E-state index < -0.39 is 0 Å². The Hall–Kier alpha value is -1.36. The second kappa shape index (κ2) is 7.95. The van der Waals surface area contributed by atoms with Crippen molar-refractivity contribution in [1.29, 1.82) is 0 Å². The molecule has 2 aliphatic heterocycles. The van der Waals surface area contributed by atoms with Crippen LogP contribution < -0.4 is 4.74 Å². The average molecular weight is 316 g/mol. The van der Waals surface area contributed by atoms with E-state index in [4.69, 9.17) is 9.47 Å². The second-order valence-electron chi connectivity index (χ2n) is 6.47. The smallest absolute Gasteiger partial charge is 0.119 e. The molecule has 2 heterocycles. The summed E-state index contributed by atoms with van der Waals surface area (Å²) >= 11 is 0. The van der Waals surface area contributed by atoms with Gasteiger partial charge in [-0.15, -0.1) is 6.58 Å². The van der Waals surface area contributed by atoms with Crippen molar-refractivity contribution in [2.75, 3.05) is 39.9 Å². The van der Waals surface area contributed by atoms with Crippen LogP contribution in [-0.4, -0.2) is 61.8 Å². The van der Waals surface area contributed by atoms with Crippen molar-refractivity contribution in [1.82, 2.24) is 9.80 Å². The van der Waals surface area contributed by atoms with Crippen molar-refractivity contribution in [3.05, 3.63) is 42.5 Å². The molecule has 3 rings (SSSR count). The molecule has 2 aliphatic rings. The van der Waals surface area contributed by atoms with Crippen LogP contribution in [-0.2, 0) is 11.3 Å². The summed E-state index contributed by atoms with van der Waals surface area (Å²) in [5.74, 6) is 0.937. The Morgan fingerprint density at radius 1 is 1.30 bits per heavy atom. The van der Waals surface area contributed by atoms with Crippen molar-refractivity contribution in [2.45, 2.75) is 31.5 Å². The third-order valence-corrected chi connectivity index (χ3v) is 4.98. The normalized spacial score (nSPS) is 26.3. The fourth-order valence-corrected chi connectivity index (χ4v) is 3.79. The van der Waals surface area contributed by atoms with Gasteiger partial charge in [-0.05, 0) is 30.5 Å². The van der Waals surface area contributed by atoms with E-state index in [1.165, 1.54) is 12.0 Å². The largest absolute Gasteiger partial charge is 0.497 e. The fraction of sp³-hybridized carbons (Fsp3) is 0.579. The number of methoxy groups -OCH3 is 1.